The predicted molar refractivity (Wildman–Crippen MR) is 225 cm³/mol. The molecule has 0 aromatic rings. The van der Waals surface area contributed by atoms with Crippen LogP contribution in [0.1, 0.15) is 234 Å². The average Bonchev–Trinajstić information content (AvgIpc) is 3.90. The van der Waals surface area contributed by atoms with Gasteiger partial charge in [-0.25, -0.2) is 0 Å². The van der Waals surface area contributed by atoms with Crippen molar-refractivity contribution in [1.82, 2.24) is 4.90 Å². The maximum atomic E-state index is 12.8. The summed E-state index contributed by atoms with van der Waals surface area (Å²) in [6.45, 7) is 15.4. The molecule has 0 amide bonds. The zero-order valence-corrected chi connectivity index (χ0v) is 36.3. The first-order valence-corrected chi connectivity index (χ1v) is 23.4. The second-order valence-corrected chi connectivity index (χ2v) is 17.8. The molecule has 0 spiro atoms. The van der Waals surface area contributed by atoms with E-state index in [1.807, 2.05) is 13.8 Å². The third-order valence-electron chi connectivity index (χ3n) is 12.1. The molecule has 0 heterocycles. The molecule has 0 unspecified atom stereocenters. The van der Waals surface area contributed by atoms with Crippen molar-refractivity contribution in [3.8, 4) is 0 Å². The molecule has 0 aromatic heterocycles. The molecule has 0 bridgehead atoms. The van der Waals surface area contributed by atoms with Crippen LogP contribution in [0, 0.1) is 16.7 Å². The lowest BCUT2D eigenvalue weighted by atomic mass is 9.87. The number of ether oxygens (including phenoxy) is 2. The van der Waals surface area contributed by atoms with Crippen molar-refractivity contribution in [2.24, 2.45) is 16.7 Å². The van der Waals surface area contributed by atoms with Gasteiger partial charge in [0.05, 0.1) is 25.0 Å². The number of carbonyl (C=O) groups is 2. The monoisotopic (exact) mass is 750 g/mol. The molecule has 0 radical (unpaired) electrons. The van der Waals surface area contributed by atoms with Gasteiger partial charge in [-0.2, -0.15) is 0 Å². The van der Waals surface area contributed by atoms with Crippen LogP contribution in [-0.4, -0.2) is 61.4 Å². The van der Waals surface area contributed by atoms with Crippen molar-refractivity contribution < 1.29 is 24.2 Å². The van der Waals surface area contributed by atoms with Crippen molar-refractivity contribution in [3.63, 3.8) is 0 Å². The Hall–Kier alpha value is -1.14. The van der Waals surface area contributed by atoms with E-state index in [0.717, 1.165) is 77.4 Å². The van der Waals surface area contributed by atoms with Crippen LogP contribution < -0.4 is 0 Å². The SMILES string of the molecule is CCCCCCCCCOC(=O)C(C)(C)CCCCCCN(CCCO)CCCCCC1(CC(=O)OCCC(CCCCCC)CCCCCC)CC1. The van der Waals surface area contributed by atoms with E-state index in [0.29, 0.717) is 25.6 Å². The summed E-state index contributed by atoms with van der Waals surface area (Å²) in [6.07, 6.45) is 36.8. The molecule has 1 N–H and O–H groups in total. The highest BCUT2D eigenvalue weighted by Crippen LogP contribution is 2.53. The van der Waals surface area contributed by atoms with Gasteiger partial charge >= 0.3 is 11.9 Å². The fraction of sp³-hybridized carbons (Fsp3) is 0.957. The second-order valence-electron chi connectivity index (χ2n) is 17.8. The molecule has 53 heavy (non-hydrogen) atoms. The van der Waals surface area contributed by atoms with Gasteiger partial charge < -0.3 is 19.5 Å². The van der Waals surface area contributed by atoms with Gasteiger partial charge in [-0.1, -0.05) is 156 Å². The van der Waals surface area contributed by atoms with Crippen molar-refractivity contribution in [3.05, 3.63) is 0 Å². The number of hydrogen-bond acceptors (Lipinski definition) is 6. The topological polar surface area (TPSA) is 76.1 Å². The number of esters is 2. The molecular formula is C47H91NO5. The van der Waals surface area contributed by atoms with E-state index in [2.05, 4.69) is 25.7 Å². The summed E-state index contributed by atoms with van der Waals surface area (Å²) in [4.78, 5) is 28.0. The predicted octanol–water partition coefficient (Wildman–Crippen LogP) is 13.2. The maximum Gasteiger partial charge on any atom is 0.311 e. The van der Waals surface area contributed by atoms with Crippen LogP contribution in [-0.2, 0) is 19.1 Å². The summed E-state index contributed by atoms with van der Waals surface area (Å²) in [5, 5.41) is 9.46. The van der Waals surface area contributed by atoms with Crippen molar-refractivity contribution in [1.29, 1.82) is 0 Å². The lowest BCUT2D eigenvalue weighted by Crippen LogP contribution is -2.28. The Bertz CT molecular complexity index is 844. The van der Waals surface area contributed by atoms with Crippen LogP contribution in [0.3, 0.4) is 0 Å². The number of aliphatic hydroxyl groups is 1. The molecular weight excluding hydrogens is 659 g/mol. The zero-order valence-electron chi connectivity index (χ0n) is 36.3. The summed E-state index contributed by atoms with van der Waals surface area (Å²) in [7, 11) is 0. The quantitative estimate of drug-likeness (QED) is 0.0496. The lowest BCUT2D eigenvalue weighted by molar-refractivity contribution is -0.154. The summed E-state index contributed by atoms with van der Waals surface area (Å²) in [5.74, 6) is 0.712. The number of aliphatic hydroxyl groups excluding tert-OH is 1. The Morgan fingerprint density at radius 3 is 1.70 bits per heavy atom. The van der Waals surface area contributed by atoms with E-state index in [1.165, 1.54) is 135 Å². The van der Waals surface area contributed by atoms with Crippen LogP contribution >= 0.6 is 0 Å². The minimum Gasteiger partial charge on any atom is -0.466 e. The molecule has 1 rings (SSSR count). The molecule has 1 fully saturated rings. The smallest absolute Gasteiger partial charge is 0.311 e. The van der Waals surface area contributed by atoms with E-state index in [4.69, 9.17) is 9.47 Å². The van der Waals surface area contributed by atoms with Crippen LogP contribution in [0.25, 0.3) is 0 Å². The van der Waals surface area contributed by atoms with Gasteiger partial charge in [-0.05, 0) is 96.1 Å². The summed E-state index contributed by atoms with van der Waals surface area (Å²) < 4.78 is 11.5. The van der Waals surface area contributed by atoms with E-state index in [1.54, 1.807) is 0 Å². The summed E-state index contributed by atoms with van der Waals surface area (Å²) in [5.41, 5.74) is -0.190. The molecule has 1 saturated carbocycles. The van der Waals surface area contributed by atoms with E-state index in [-0.39, 0.29) is 24.0 Å². The largest absolute Gasteiger partial charge is 0.466 e. The van der Waals surface area contributed by atoms with Crippen molar-refractivity contribution in [2.45, 2.75) is 234 Å². The van der Waals surface area contributed by atoms with Gasteiger partial charge in [-0.3, -0.25) is 9.59 Å². The first kappa shape index (κ1) is 49.9. The highest BCUT2D eigenvalue weighted by molar-refractivity contribution is 5.75. The molecule has 0 atom stereocenters. The molecule has 1 aliphatic carbocycles. The first-order valence-electron chi connectivity index (χ1n) is 23.4. The third-order valence-corrected chi connectivity index (χ3v) is 12.1. The Labute approximate surface area is 330 Å². The van der Waals surface area contributed by atoms with Crippen LogP contribution in [0.5, 0.6) is 0 Å². The van der Waals surface area contributed by atoms with Crippen LogP contribution in [0.15, 0.2) is 0 Å². The number of carbonyl (C=O) groups excluding carboxylic acids is 2. The Kier molecular flexibility index (Phi) is 31.1. The Morgan fingerprint density at radius 1 is 0.604 bits per heavy atom. The van der Waals surface area contributed by atoms with Gasteiger partial charge in [0.1, 0.15) is 0 Å². The van der Waals surface area contributed by atoms with E-state index >= 15 is 0 Å². The standard InChI is InChI=1S/C47H91NO5/c1-6-9-12-15-16-19-27-40-53-45(51)46(4,5)32-23-17-18-25-36-48(38-28-39-49)37-26-20-24-33-47(34-35-47)42-44(50)52-41-31-43(29-21-13-10-7-2)30-22-14-11-8-3/h43,49H,6-42H2,1-5H3. The van der Waals surface area contributed by atoms with Crippen molar-refractivity contribution in [2.75, 3.05) is 39.5 Å². The molecule has 6 nitrogen and oxygen atoms in total. The Balaban J connectivity index is 2.22. The molecule has 314 valence electrons. The van der Waals surface area contributed by atoms with Crippen LogP contribution in [0.4, 0.5) is 0 Å². The van der Waals surface area contributed by atoms with Crippen molar-refractivity contribution >= 4 is 11.9 Å². The average molecular weight is 750 g/mol. The number of unbranched alkanes of at least 4 members (excludes halogenated alkanes) is 17. The fourth-order valence-corrected chi connectivity index (χ4v) is 7.96. The highest BCUT2D eigenvalue weighted by Gasteiger charge is 2.43. The molecule has 1 aliphatic rings. The fourth-order valence-electron chi connectivity index (χ4n) is 7.96. The molecule has 0 aromatic carbocycles. The second kappa shape index (κ2) is 33.0. The molecule has 6 heteroatoms. The minimum atomic E-state index is -0.405. The van der Waals surface area contributed by atoms with Gasteiger partial charge in [0.2, 0.25) is 0 Å². The Morgan fingerprint density at radius 2 is 1.11 bits per heavy atom. The maximum absolute atomic E-state index is 12.8. The van der Waals surface area contributed by atoms with Crippen LogP contribution in [0.2, 0.25) is 0 Å². The minimum absolute atomic E-state index is 0.0357. The highest BCUT2D eigenvalue weighted by atomic mass is 16.5. The normalized spacial score (nSPS) is 14.0. The summed E-state index contributed by atoms with van der Waals surface area (Å²) in [6, 6.07) is 0. The van der Waals surface area contributed by atoms with Gasteiger partial charge in [0.25, 0.3) is 0 Å². The van der Waals surface area contributed by atoms with E-state index < -0.39 is 5.41 Å². The lowest BCUT2D eigenvalue weighted by Gasteiger charge is -2.23. The van der Waals surface area contributed by atoms with E-state index in [9.17, 15) is 14.7 Å². The first-order chi connectivity index (χ1) is 25.7. The number of nitrogens with zero attached hydrogens (tertiary/aromatic N) is 1. The van der Waals surface area contributed by atoms with Gasteiger partial charge in [0, 0.05) is 13.2 Å². The number of hydrogen-bond donors (Lipinski definition) is 1. The van der Waals surface area contributed by atoms with Gasteiger partial charge in [0.15, 0.2) is 0 Å². The third kappa shape index (κ3) is 28.0. The van der Waals surface area contributed by atoms with Gasteiger partial charge in [-0.15, -0.1) is 0 Å². The number of rotatable bonds is 40. The summed E-state index contributed by atoms with van der Waals surface area (Å²) >= 11 is 0. The zero-order chi connectivity index (χ0) is 38.9. The molecule has 0 saturated heterocycles. The molecule has 0 aliphatic heterocycles.